The van der Waals surface area contributed by atoms with Gasteiger partial charge in [-0.2, -0.15) is 0 Å². The molecule has 0 aromatic heterocycles. The number of carbonyl (C=O) groups is 6. The maximum absolute atomic E-state index is 12.7. The molecule has 3 amide bonds. The molecule has 0 radical (unpaired) electrons. The van der Waals surface area contributed by atoms with Crippen LogP contribution in [0, 0.1) is 5.92 Å². The maximum atomic E-state index is 12.7. The van der Waals surface area contributed by atoms with E-state index >= 15 is 0 Å². The first kappa shape index (κ1) is 19.8. The predicted octanol–water partition coefficient (Wildman–Crippen LogP) is 1.79. The summed E-state index contributed by atoms with van der Waals surface area (Å²) in [6.07, 6.45) is 0. The topological polar surface area (TPSA) is 118 Å². The molecule has 146 valence electrons. The maximum Gasteiger partial charge on any atom is 0.302 e. The fraction of sp³-hybridized carbons (Fsp3) is 0.143. The lowest BCUT2D eigenvalue weighted by Gasteiger charge is -2.14. The zero-order chi connectivity index (χ0) is 21.3. The lowest BCUT2D eigenvalue weighted by molar-refractivity contribution is -0.139. The number of carbonyl (C=O) groups excluding carboxylic acids is 6. The number of imide groups is 1. The van der Waals surface area contributed by atoms with Gasteiger partial charge in [-0.25, -0.2) is 4.90 Å². The van der Waals surface area contributed by atoms with Gasteiger partial charge in [0.05, 0.1) is 5.69 Å². The van der Waals surface area contributed by atoms with Crippen LogP contribution in [0.4, 0.5) is 11.4 Å². The molecule has 0 bridgehead atoms. The minimum atomic E-state index is -1.84. The average Bonchev–Trinajstić information content (AvgIpc) is 2.90. The minimum Gasteiger partial charge on any atom is -0.325 e. The first-order chi connectivity index (χ1) is 13.7. The van der Waals surface area contributed by atoms with Crippen LogP contribution in [-0.4, -0.2) is 35.1 Å². The van der Waals surface area contributed by atoms with E-state index in [0.717, 1.165) is 0 Å². The molecule has 1 aliphatic rings. The summed E-state index contributed by atoms with van der Waals surface area (Å²) in [6, 6.07) is 11.7. The highest BCUT2D eigenvalue weighted by molar-refractivity contribution is 6.60. The van der Waals surface area contributed by atoms with Crippen LogP contribution in [0.5, 0.6) is 0 Å². The van der Waals surface area contributed by atoms with E-state index in [-0.39, 0.29) is 28.5 Å². The molecule has 1 aliphatic heterocycles. The second-order valence-corrected chi connectivity index (χ2v) is 6.51. The molecular weight excluding hydrogens is 376 g/mol. The molecule has 1 N–H and O–H groups in total. The van der Waals surface area contributed by atoms with Gasteiger partial charge < -0.3 is 5.32 Å². The molecule has 0 saturated carbocycles. The monoisotopic (exact) mass is 392 g/mol. The van der Waals surface area contributed by atoms with Crippen molar-refractivity contribution in [2.45, 2.75) is 13.8 Å². The number of hydrogen-bond donors (Lipinski definition) is 1. The molecule has 3 rings (SSSR count). The van der Waals surface area contributed by atoms with Crippen LogP contribution in [0.25, 0.3) is 0 Å². The SMILES string of the molecule is CC(=O)c1cccc(NC(=O)C2C(=O)C(=O)N(c3cccc(C(C)=O)c3)C2=O)c1. The van der Waals surface area contributed by atoms with Gasteiger partial charge in [-0.05, 0) is 38.1 Å². The van der Waals surface area contributed by atoms with E-state index in [1.165, 1.54) is 56.3 Å². The van der Waals surface area contributed by atoms with E-state index in [1.807, 2.05) is 0 Å². The van der Waals surface area contributed by atoms with Crippen LogP contribution in [-0.2, 0) is 19.2 Å². The Morgan fingerprint density at radius 3 is 2.07 bits per heavy atom. The fourth-order valence-electron chi connectivity index (χ4n) is 2.95. The van der Waals surface area contributed by atoms with Crippen LogP contribution in [0.15, 0.2) is 48.5 Å². The Morgan fingerprint density at radius 2 is 1.45 bits per heavy atom. The zero-order valence-corrected chi connectivity index (χ0v) is 15.6. The minimum absolute atomic E-state index is 0.0370. The summed E-state index contributed by atoms with van der Waals surface area (Å²) >= 11 is 0. The molecule has 29 heavy (non-hydrogen) atoms. The number of hydrogen-bond acceptors (Lipinski definition) is 6. The Morgan fingerprint density at radius 1 is 0.862 bits per heavy atom. The van der Waals surface area contributed by atoms with Crippen molar-refractivity contribution in [3.63, 3.8) is 0 Å². The number of ketones is 3. The van der Waals surface area contributed by atoms with Gasteiger partial charge in [0.25, 0.3) is 5.91 Å². The van der Waals surface area contributed by atoms with Gasteiger partial charge >= 0.3 is 5.91 Å². The Balaban J connectivity index is 1.88. The van der Waals surface area contributed by atoms with Gasteiger partial charge in [0.15, 0.2) is 17.5 Å². The molecule has 8 nitrogen and oxygen atoms in total. The van der Waals surface area contributed by atoms with Crippen LogP contribution in [0.3, 0.4) is 0 Å². The molecule has 1 saturated heterocycles. The molecule has 2 aromatic carbocycles. The molecule has 1 atom stereocenters. The van der Waals surface area contributed by atoms with Crippen LogP contribution in [0.1, 0.15) is 34.6 Å². The van der Waals surface area contributed by atoms with E-state index in [2.05, 4.69) is 5.32 Å². The van der Waals surface area contributed by atoms with E-state index in [4.69, 9.17) is 0 Å². The molecule has 0 aliphatic carbocycles. The highest BCUT2D eigenvalue weighted by Gasteiger charge is 2.51. The Bertz CT molecular complexity index is 1090. The number of rotatable bonds is 5. The number of Topliss-reactive ketones (excluding diaryl/α,β-unsaturated/α-hetero) is 3. The number of benzene rings is 2. The van der Waals surface area contributed by atoms with Gasteiger partial charge in [0.1, 0.15) is 0 Å². The largest absolute Gasteiger partial charge is 0.325 e. The Kier molecular flexibility index (Phi) is 5.18. The molecule has 1 fully saturated rings. The molecule has 0 spiro atoms. The summed E-state index contributed by atoms with van der Waals surface area (Å²) in [4.78, 5) is 73.5. The standard InChI is InChI=1S/C21H16N2O6/c1-11(24)13-5-3-7-15(9-13)22-19(27)17-18(26)21(29)23(20(17)28)16-8-4-6-14(10-16)12(2)25/h3-10,17H,1-2H3,(H,22,27). The zero-order valence-electron chi connectivity index (χ0n) is 15.6. The summed E-state index contributed by atoms with van der Waals surface area (Å²) < 4.78 is 0. The Labute approximate surface area is 165 Å². The van der Waals surface area contributed by atoms with E-state index in [0.29, 0.717) is 10.5 Å². The number of nitrogens with one attached hydrogen (secondary N) is 1. The first-order valence-electron chi connectivity index (χ1n) is 8.65. The lowest BCUT2D eigenvalue weighted by Crippen LogP contribution is -2.34. The summed E-state index contributed by atoms with van der Waals surface area (Å²) in [6.45, 7) is 2.68. The summed E-state index contributed by atoms with van der Waals surface area (Å²) in [5.74, 6) is -6.63. The predicted molar refractivity (Wildman–Crippen MR) is 103 cm³/mol. The van der Waals surface area contributed by atoms with E-state index in [1.54, 1.807) is 6.07 Å². The van der Waals surface area contributed by atoms with Gasteiger partial charge in [-0.3, -0.25) is 28.8 Å². The molecular formula is C21H16N2O6. The quantitative estimate of drug-likeness (QED) is 0.359. The van der Waals surface area contributed by atoms with Crippen molar-refractivity contribution in [1.82, 2.24) is 0 Å². The van der Waals surface area contributed by atoms with Crippen molar-refractivity contribution in [2.75, 3.05) is 10.2 Å². The lowest BCUT2D eigenvalue weighted by atomic mass is 10.1. The molecule has 1 heterocycles. The van der Waals surface area contributed by atoms with Crippen molar-refractivity contribution < 1.29 is 28.8 Å². The molecule has 1 unspecified atom stereocenters. The second-order valence-electron chi connectivity index (χ2n) is 6.51. The third kappa shape index (κ3) is 3.73. The van der Waals surface area contributed by atoms with Gasteiger partial charge in [-0.15, -0.1) is 0 Å². The number of anilines is 2. The van der Waals surface area contributed by atoms with Crippen LogP contribution >= 0.6 is 0 Å². The first-order valence-corrected chi connectivity index (χ1v) is 8.65. The van der Waals surface area contributed by atoms with Crippen molar-refractivity contribution in [1.29, 1.82) is 0 Å². The van der Waals surface area contributed by atoms with E-state index in [9.17, 15) is 28.8 Å². The number of amides is 3. The van der Waals surface area contributed by atoms with Crippen LogP contribution < -0.4 is 10.2 Å². The molecule has 8 heteroatoms. The summed E-state index contributed by atoms with van der Waals surface area (Å²) in [5.41, 5.74) is 0.845. The van der Waals surface area contributed by atoms with Gasteiger partial charge in [0, 0.05) is 16.8 Å². The highest BCUT2D eigenvalue weighted by atomic mass is 16.2. The van der Waals surface area contributed by atoms with Gasteiger partial charge in [0.2, 0.25) is 11.7 Å². The molecule has 2 aromatic rings. The third-order valence-electron chi connectivity index (χ3n) is 4.45. The summed E-state index contributed by atoms with van der Waals surface area (Å²) in [7, 11) is 0. The smallest absolute Gasteiger partial charge is 0.302 e. The highest BCUT2D eigenvalue weighted by Crippen LogP contribution is 2.26. The van der Waals surface area contributed by atoms with Crippen molar-refractivity contribution >= 4 is 46.4 Å². The summed E-state index contributed by atoms with van der Waals surface area (Å²) in [5, 5.41) is 2.40. The van der Waals surface area contributed by atoms with E-state index < -0.39 is 29.4 Å². The van der Waals surface area contributed by atoms with Crippen molar-refractivity contribution in [2.24, 2.45) is 5.92 Å². The fourth-order valence-corrected chi connectivity index (χ4v) is 2.95. The van der Waals surface area contributed by atoms with Gasteiger partial charge in [-0.1, -0.05) is 24.3 Å². The van der Waals surface area contributed by atoms with Crippen LogP contribution in [0.2, 0.25) is 0 Å². The normalized spacial score (nSPS) is 16.1. The second kappa shape index (κ2) is 7.59. The van der Waals surface area contributed by atoms with Crippen molar-refractivity contribution in [3.05, 3.63) is 59.7 Å². The third-order valence-corrected chi connectivity index (χ3v) is 4.45. The Hall–Kier alpha value is -3.94. The van der Waals surface area contributed by atoms with Crippen molar-refractivity contribution in [3.8, 4) is 0 Å². The number of nitrogens with zero attached hydrogens (tertiary/aromatic N) is 1. The average molecular weight is 392 g/mol.